The van der Waals surface area contributed by atoms with E-state index in [2.05, 4.69) is 28.9 Å². The van der Waals surface area contributed by atoms with Crippen LogP contribution in [0.2, 0.25) is 0 Å². The summed E-state index contributed by atoms with van der Waals surface area (Å²) in [5.74, 6) is 0. The molecular weight excluding hydrogens is 162 g/mol. The van der Waals surface area contributed by atoms with Gasteiger partial charge in [-0.25, -0.2) is 0 Å². The Bertz CT molecular complexity index is 226. The van der Waals surface area contributed by atoms with Gasteiger partial charge in [0.15, 0.2) is 0 Å². The van der Waals surface area contributed by atoms with Gasteiger partial charge in [0, 0.05) is 5.70 Å². The summed E-state index contributed by atoms with van der Waals surface area (Å²) in [5, 5.41) is 6.12. The number of allylic oxidation sites excluding steroid dienone is 4. The van der Waals surface area contributed by atoms with Gasteiger partial charge in [0.25, 0.3) is 0 Å². The van der Waals surface area contributed by atoms with Crippen molar-refractivity contribution in [1.29, 1.82) is 0 Å². The largest absolute Gasteiger partial charge is 0.374 e. The molecule has 0 unspecified atom stereocenters. The Balaban J connectivity index is 4.38. The minimum absolute atomic E-state index is 0.715. The van der Waals surface area contributed by atoms with E-state index in [9.17, 15) is 0 Å². The second-order valence-corrected chi connectivity index (χ2v) is 2.47. The first kappa shape index (κ1) is 11.6. The van der Waals surface area contributed by atoms with E-state index in [4.69, 9.17) is 0 Å². The van der Waals surface area contributed by atoms with E-state index in [-0.39, 0.29) is 0 Å². The monoisotopic (exact) mass is 179 g/mol. The van der Waals surface area contributed by atoms with Crippen molar-refractivity contribution < 1.29 is 0 Å². The Morgan fingerprint density at radius 3 is 2.69 bits per heavy atom. The summed E-state index contributed by atoms with van der Waals surface area (Å²) < 4.78 is 0. The zero-order valence-electron chi connectivity index (χ0n) is 8.30. The maximum Gasteiger partial charge on any atom is 0.0808 e. The molecule has 72 valence electrons. The smallest absolute Gasteiger partial charge is 0.0808 e. The average molecular weight is 179 g/mol. The van der Waals surface area contributed by atoms with Crippen molar-refractivity contribution in [2.75, 3.05) is 13.7 Å². The van der Waals surface area contributed by atoms with Gasteiger partial charge in [0.05, 0.1) is 12.4 Å². The van der Waals surface area contributed by atoms with Crippen LogP contribution in [0.3, 0.4) is 0 Å². The Morgan fingerprint density at radius 2 is 2.23 bits per heavy atom. The molecule has 3 nitrogen and oxygen atoms in total. The molecule has 0 aromatic carbocycles. The minimum Gasteiger partial charge on any atom is -0.374 e. The molecular formula is C10H17N3. The minimum atomic E-state index is 0.715. The van der Waals surface area contributed by atoms with Crippen molar-refractivity contribution in [3.05, 3.63) is 36.2 Å². The standard InChI is InChI=1S/C10H17N3/c1-5-6-7-10(12-4)9(2)13-8-11-3/h5-7,11,13H,1,4,8H2,2-3H3/b7-6-,10-9-. The summed E-state index contributed by atoms with van der Waals surface area (Å²) >= 11 is 0. The topological polar surface area (TPSA) is 36.4 Å². The van der Waals surface area contributed by atoms with E-state index in [1.807, 2.05) is 26.1 Å². The summed E-state index contributed by atoms with van der Waals surface area (Å²) in [5.41, 5.74) is 1.82. The summed E-state index contributed by atoms with van der Waals surface area (Å²) in [7, 11) is 1.88. The van der Waals surface area contributed by atoms with Crippen molar-refractivity contribution in [1.82, 2.24) is 10.6 Å². The number of nitrogens with zero attached hydrogens (tertiary/aromatic N) is 1. The molecule has 0 amide bonds. The highest BCUT2D eigenvalue weighted by molar-refractivity contribution is 5.35. The van der Waals surface area contributed by atoms with Crippen LogP contribution in [0.4, 0.5) is 0 Å². The summed E-state index contributed by atoms with van der Waals surface area (Å²) in [4.78, 5) is 3.88. The van der Waals surface area contributed by atoms with Crippen LogP contribution in [-0.4, -0.2) is 20.4 Å². The SMILES string of the molecule is C=C/C=C\C(N=C)=C(/C)NCNC. The molecule has 0 saturated carbocycles. The molecule has 0 aliphatic heterocycles. The summed E-state index contributed by atoms with van der Waals surface area (Å²) in [6, 6.07) is 0. The van der Waals surface area contributed by atoms with Crippen LogP contribution >= 0.6 is 0 Å². The van der Waals surface area contributed by atoms with E-state index in [1.54, 1.807) is 6.08 Å². The Morgan fingerprint density at radius 1 is 1.54 bits per heavy atom. The highest BCUT2D eigenvalue weighted by atomic mass is 15.0. The third-order valence-electron chi connectivity index (χ3n) is 1.48. The number of aliphatic imine (C=N–C) groups is 1. The molecule has 0 spiro atoms. The molecule has 0 radical (unpaired) electrons. The van der Waals surface area contributed by atoms with Crippen LogP contribution in [0.1, 0.15) is 6.92 Å². The van der Waals surface area contributed by atoms with Gasteiger partial charge in [-0.1, -0.05) is 18.7 Å². The third-order valence-corrected chi connectivity index (χ3v) is 1.48. The lowest BCUT2D eigenvalue weighted by molar-refractivity contribution is 0.702. The lowest BCUT2D eigenvalue weighted by Gasteiger charge is -2.06. The molecule has 0 aliphatic rings. The normalized spacial score (nSPS) is 12.5. The van der Waals surface area contributed by atoms with Crippen LogP contribution in [0.25, 0.3) is 0 Å². The predicted molar refractivity (Wildman–Crippen MR) is 58.6 cm³/mol. The first-order valence-corrected chi connectivity index (χ1v) is 4.11. The fourth-order valence-corrected chi connectivity index (χ4v) is 0.767. The fraction of sp³-hybridized carbons (Fsp3) is 0.300. The molecule has 2 N–H and O–H groups in total. The maximum absolute atomic E-state index is 3.88. The first-order valence-electron chi connectivity index (χ1n) is 4.11. The van der Waals surface area contributed by atoms with Crippen LogP contribution in [0.15, 0.2) is 41.2 Å². The van der Waals surface area contributed by atoms with Gasteiger partial charge in [-0.05, 0) is 26.8 Å². The molecule has 0 fully saturated rings. The molecule has 0 bridgehead atoms. The molecule has 0 atom stereocenters. The second kappa shape index (κ2) is 7.31. The quantitative estimate of drug-likeness (QED) is 0.367. The Kier molecular flexibility index (Phi) is 6.55. The molecule has 13 heavy (non-hydrogen) atoms. The average Bonchev–Trinajstić information content (AvgIpc) is 2.16. The first-order chi connectivity index (χ1) is 6.26. The van der Waals surface area contributed by atoms with Gasteiger partial charge in [0.1, 0.15) is 0 Å². The third kappa shape index (κ3) is 4.98. The van der Waals surface area contributed by atoms with E-state index in [0.29, 0.717) is 6.67 Å². The summed E-state index contributed by atoms with van der Waals surface area (Å²) in [6.45, 7) is 9.74. The van der Waals surface area contributed by atoms with E-state index in [1.165, 1.54) is 0 Å². The highest BCUT2D eigenvalue weighted by Gasteiger charge is 1.93. The van der Waals surface area contributed by atoms with E-state index in [0.717, 1.165) is 11.4 Å². The Labute approximate surface area is 79.9 Å². The number of nitrogens with one attached hydrogen (secondary N) is 2. The van der Waals surface area contributed by atoms with Crippen molar-refractivity contribution in [3.63, 3.8) is 0 Å². The Hall–Kier alpha value is -1.35. The second-order valence-electron chi connectivity index (χ2n) is 2.47. The molecule has 0 rings (SSSR count). The number of rotatable bonds is 6. The van der Waals surface area contributed by atoms with Gasteiger partial charge in [-0.3, -0.25) is 4.99 Å². The molecule has 0 aromatic heterocycles. The van der Waals surface area contributed by atoms with Crippen molar-refractivity contribution in [2.45, 2.75) is 6.92 Å². The van der Waals surface area contributed by atoms with Crippen LogP contribution in [-0.2, 0) is 0 Å². The molecule has 3 heteroatoms. The number of hydrogen-bond donors (Lipinski definition) is 2. The fourth-order valence-electron chi connectivity index (χ4n) is 0.767. The van der Waals surface area contributed by atoms with Crippen molar-refractivity contribution >= 4 is 6.72 Å². The molecule has 0 saturated heterocycles. The molecule has 0 heterocycles. The van der Waals surface area contributed by atoms with Crippen molar-refractivity contribution in [3.8, 4) is 0 Å². The zero-order chi connectivity index (χ0) is 10.1. The van der Waals surface area contributed by atoms with Gasteiger partial charge < -0.3 is 10.6 Å². The predicted octanol–water partition coefficient (Wildman–Crippen LogP) is 1.43. The van der Waals surface area contributed by atoms with Gasteiger partial charge in [-0.2, -0.15) is 0 Å². The highest BCUT2D eigenvalue weighted by Crippen LogP contribution is 2.03. The van der Waals surface area contributed by atoms with Gasteiger partial charge >= 0.3 is 0 Å². The van der Waals surface area contributed by atoms with Crippen LogP contribution in [0, 0.1) is 0 Å². The number of hydrogen-bond acceptors (Lipinski definition) is 3. The lowest BCUT2D eigenvalue weighted by Crippen LogP contribution is -2.24. The van der Waals surface area contributed by atoms with E-state index >= 15 is 0 Å². The summed E-state index contributed by atoms with van der Waals surface area (Å²) in [6.07, 6.45) is 5.39. The van der Waals surface area contributed by atoms with Gasteiger partial charge in [0.2, 0.25) is 0 Å². The van der Waals surface area contributed by atoms with Crippen molar-refractivity contribution in [2.24, 2.45) is 4.99 Å². The lowest BCUT2D eigenvalue weighted by atomic mass is 10.3. The maximum atomic E-state index is 3.88. The molecule has 0 aliphatic carbocycles. The van der Waals surface area contributed by atoms with Gasteiger partial charge in [-0.15, -0.1) is 0 Å². The van der Waals surface area contributed by atoms with E-state index < -0.39 is 0 Å². The van der Waals surface area contributed by atoms with Crippen LogP contribution in [0.5, 0.6) is 0 Å². The zero-order valence-corrected chi connectivity index (χ0v) is 8.30. The molecule has 0 aromatic rings. The van der Waals surface area contributed by atoms with Crippen LogP contribution < -0.4 is 10.6 Å².